The number of para-hydroxylation sites is 2. The molecule has 0 spiro atoms. The van der Waals surface area contributed by atoms with Gasteiger partial charge in [0, 0.05) is 19.1 Å². The van der Waals surface area contributed by atoms with E-state index in [0.717, 1.165) is 48.3 Å². The fourth-order valence-corrected chi connectivity index (χ4v) is 3.69. The van der Waals surface area contributed by atoms with Crippen LogP contribution in [0.5, 0.6) is 0 Å². The van der Waals surface area contributed by atoms with Crippen LogP contribution in [-0.2, 0) is 0 Å². The van der Waals surface area contributed by atoms with E-state index in [-0.39, 0.29) is 11.7 Å². The van der Waals surface area contributed by atoms with Crippen LogP contribution in [0.25, 0.3) is 22.2 Å². The van der Waals surface area contributed by atoms with Gasteiger partial charge in [-0.3, -0.25) is 4.57 Å². The second kappa shape index (κ2) is 5.44. The van der Waals surface area contributed by atoms with Crippen LogP contribution >= 0.6 is 0 Å². The number of aromatic amines is 2. The van der Waals surface area contributed by atoms with E-state index in [9.17, 15) is 4.79 Å². The Kier molecular flexibility index (Phi) is 3.09. The van der Waals surface area contributed by atoms with Crippen LogP contribution in [0.1, 0.15) is 18.9 Å². The van der Waals surface area contributed by atoms with Crippen LogP contribution in [0.15, 0.2) is 41.2 Å². The van der Waals surface area contributed by atoms with Crippen LogP contribution < -0.4 is 10.6 Å². The SMILES string of the molecule is O=c1[nH]c2ccccc2n1C1CCN(c2ccc3n[nH]nc3n2)CC1. The second-order valence-electron chi connectivity index (χ2n) is 6.37. The normalized spacial score (nSPS) is 16.1. The van der Waals surface area contributed by atoms with Gasteiger partial charge in [0.25, 0.3) is 0 Å². The molecule has 4 heterocycles. The van der Waals surface area contributed by atoms with Gasteiger partial charge in [0.1, 0.15) is 11.3 Å². The summed E-state index contributed by atoms with van der Waals surface area (Å²) >= 11 is 0. The van der Waals surface area contributed by atoms with Crippen molar-refractivity contribution in [2.75, 3.05) is 18.0 Å². The van der Waals surface area contributed by atoms with Crippen molar-refractivity contribution in [1.29, 1.82) is 0 Å². The smallest absolute Gasteiger partial charge is 0.326 e. The number of piperidine rings is 1. The second-order valence-corrected chi connectivity index (χ2v) is 6.37. The molecule has 1 aromatic carbocycles. The fourth-order valence-electron chi connectivity index (χ4n) is 3.69. The molecule has 4 aromatic rings. The zero-order valence-electron chi connectivity index (χ0n) is 13.5. The Morgan fingerprint density at radius 3 is 2.76 bits per heavy atom. The average molecular weight is 335 g/mol. The maximum atomic E-state index is 12.4. The van der Waals surface area contributed by atoms with Crippen molar-refractivity contribution in [3.63, 3.8) is 0 Å². The van der Waals surface area contributed by atoms with Crippen LogP contribution in [0, 0.1) is 0 Å². The molecule has 0 bridgehead atoms. The molecule has 5 rings (SSSR count). The number of H-pyrrole nitrogens is 2. The molecule has 1 saturated heterocycles. The molecular weight excluding hydrogens is 318 g/mol. The minimum absolute atomic E-state index is 0.0261. The number of aromatic nitrogens is 6. The first-order valence-electron chi connectivity index (χ1n) is 8.41. The first-order valence-corrected chi connectivity index (χ1v) is 8.41. The molecule has 0 saturated carbocycles. The van der Waals surface area contributed by atoms with Crippen molar-refractivity contribution in [1.82, 2.24) is 29.9 Å². The molecule has 1 aliphatic rings. The van der Waals surface area contributed by atoms with Gasteiger partial charge in [-0.2, -0.15) is 10.3 Å². The molecule has 126 valence electrons. The first-order chi connectivity index (χ1) is 12.3. The van der Waals surface area contributed by atoms with E-state index >= 15 is 0 Å². The topological polar surface area (TPSA) is 95.5 Å². The van der Waals surface area contributed by atoms with Crippen molar-refractivity contribution in [3.05, 3.63) is 46.9 Å². The van der Waals surface area contributed by atoms with Crippen LogP contribution in [-0.4, -0.2) is 43.0 Å². The summed E-state index contributed by atoms with van der Waals surface area (Å²) in [5.41, 5.74) is 3.25. The summed E-state index contributed by atoms with van der Waals surface area (Å²) < 4.78 is 1.90. The number of nitrogens with zero attached hydrogens (tertiary/aromatic N) is 5. The zero-order valence-corrected chi connectivity index (χ0v) is 13.5. The third-order valence-electron chi connectivity index (χ3n) is 4.94. The summed E-state index contributed by atoms with van der Waals surface area (Å²) in [7, 11) is 0. The summed E-state index contributed by atoms with van der Waals surface area (Å²) in [6, 6.07) is 12.0. The Labute approximate surface area is 142 Å². The van der Waals surface area contributed by atoms with Crippen molar-refractivity contribution >= 4 is 28.0 Å². The lowest BCUT2D eigenvalue weighted by atomic mass is 10.0. The van der Waals surface area contributed by atoms with Crippen molar-refractivity contribution < 1.29 is 0 Å². The van der Waals surface area contributed by atoms with Crippen LogP contribution in [0.2, 0.25) is 0 Å². The molecule has 8 nitrogen and oxygen atoms in total. The number of benzene rings is 1. The van der Waals surface area contributed by atoms with Gasteiger partial charge >= 0.3 is 5.69 Å². The van der Waals surface area contributed by atoms with Crippen molar-refractivity contribution in [2.45, 2.75) is 18.9 Å². The Hall–Kier alpha value is -3.16. The number of imidazole rings is 1. The van der Waals surface area contributed by atoms with Gasteiger partial charge in [0.2, 0.25) is 5.65 Å². The predicted octanol–water partition coefficient (Wildman–Crippen LogP) is 1.84. The van der Waals surface area contributed by atoms with E-state index in [0.29, 0.717) is 5.65 Å². The van der Waals surface area contributed by atoms with E-state index in [2.05, 4.69) is 30.3 Å². The van der Waals surface area contributed by atoms with Crippen LogP contribution in [0.3, 0.4) is 0 Å². The number of anilines is 1. The lowest BCUT2D eigenvalue weighted by molar-refractivity contribution is 0.395. The highest BCUT2D eigenvalue weighted by atomic mass is 16.1. The fraction of sp³-hybridized carbons (Fsp3) is 0.294. The highest BCUT2D eigenvalue weighted by Gasteiger charge is 2.24. The van der Waals surface area contributed by atoms with Gasteiger partial charge in [0.15, 0.2) is 0 Å². The Balaban J connectivity index is 1.40. The number of pyridine rings is 1. The minimum Gasteiger partial charge on any atom is -0.356 e. The van der Waals surface area contributed by atoms with Gasteiger partial charge < -0.3 is 9.88 Å². The number of fused-ring (bicyclic) bond motifs is 2. The largest absolute Gasteiger partial charge is 0.356 e. The maximum absolute atomic E-state index is 12.4. The molecule has 0 aliphatic carbocycles. The molecule has 0 amide bonds. The zero-order chi connectivity index (χ0) is 16.8. The number of hydrogen-bond acceptors (Lipinski definition) is 5. The molecule has 1 fully saturated rings. The molecule has 0 radical (unpaired) electrons. The minimum atomic E-state index is -0.0261. The van der Waals surface area contributed by atoms with E-state index in [1.54, 1.807) is 0 Å². The standard InChI is InChI=1S/C17H17N7O/c25-17-18-12-3-1-2-4-14(12)24(17)11-7-9-23(10-8-11)15-6-5-13-16(19-15)21-22-20-13/h1-6,11H,7-10H2,(H,18,25)(H,19,20,21,22). The molecule has 1 aliphatic heterocycles. The Bertz CT molecular complexity index is 1100. The van der Waals surface area contributed by atoms with E-state index in [1.165, 1.54) is 0 Å². The molecule has 3 aromatic heterocycles. The average Bonchev–Trinajstić information content (AvgIpc) is 3.24. The maximum Gasteiger partial charge on any atom is 0.326 e. The third-order valence-corrected chi connectivity index (χ3v) is 4.94. The van der Waals surface area contributed by atoms with Crippen molar-refractivity contribution in [2.24, 2.45) is 0 Å². The molecule has 2 N–H and O–H groups in total. The number of nitrogens with one attached hydrogen (secondary N) is 2. The van der Waals surface area contributed by atoms with E-state index < -0.39 is 0 Å². The summed E-state index contributed by atoms with van der Waals surface area (Å²) in [6.45, 7) is 1.71. The first kappa shape index (κ1) is 14.2. The highest BCUT2D eigenvalue weighted by Crippen LogP contribution is 2.27. The van der Waals surface area contributed by atoms with Gasteiger partial charge in [-0.25, -0.2) is 9.78 Å². The van der Waals surface area contributed by atoms with Gasteiger partial charge in [0.05, 0.1) is 11.0 Å². The van der Waals surface area contributed by atoms with Gasteiger partial charge in [-0.15, -0.1) is 5.10 Å². The molecule has 0 atom stereocenters. The molecule has 25 heavy (non-hydrogen) atoms. The van der Waals surface area contributed by atoms with E-state index in [1.807, 2.05) is 41.0 Å². The monoisotopic (exact) mass is 335 g/mol. The number of rotatable bonds is 2. The lowest BCUT2D eigenvalue weighted by Gasteiger charge is -2.33. The summed E-state index contributed by atoms with van der Waals surface area (Å²) in [5.74, 6) is 0.908. The summed E-state index contributed by atoms with van der Waals surface area (Å²) in [4.78, 5) is 22.1. The molecular formula is C17H17N7O. The van der Waals surface area contributed by atoms with E-state index in [4.69, 9.17) is 0 Å². The highest BCUT2D eigenvalue weighted by molar-refractivity contribution is 5.75. The van der Waals surface area contributed by atoms with Crippen LogP contribution in [0.4, 0.5) is 5.82 Å². The summed E-state index contributed by atoms with van der Waals surface area (Å²) in [5, 5.41) is 10.7. The third kappa shape index (κ3) is 2.29. The van der Waals surface area contributed by atoms with Gasteiger partial charge in [-0.05, 0) is 37.1 Å². The molecule has 0 unspecified atom stereocenters. The predicted molar refractivity (Wildman–Crippen MR) is 94.7 cm³/mol. The van der Waals surface area contributed by atoms with Crippen molar-refractivity contribution in [3.8, 4) is 0 Å². The Morgan fingerprint density at radius 1 is 1.04 bits per heavy atom. The lowest BCUT2D eigenvalue weighted by Crippen LogP contribution is -2.37. The molecule has 8 heteroatoms. The van der Waals surface area contributed by atoms with Gasteiger partial charge in [-0.1, -0.05) is 12.1 Å². The quantitative estimate of drug-likeness (QED) is 0.583. The number of hydrogen-bond donors (Lipinski definition) is 2. The Morgan fingerprint density at radius 2 is 1.88 bits per heavy atom. The summed E-state index contributed by atoms with van der Waals surface area (Å²) in [6.07, 6.45) is 1.81.